The van der Waals surface area contributed by atoms with Gasteiger partial charge in [-0.2, -0.15) is 0 Å². The van der Waals surface area contributed by atoms with Gasteiger partial charge in [0, 0.05) is 17.8 Å². The second kappa shape index (κ2) is 5.50. The maximum absolute atomic E-state index is 6.06. The predicted molar refractivity (Wildman–Crippen MR) is 71.8 cm³/mol. The van der Waals surface area contributed by atoms with Crippen LogP contribution in [-0.4, -0.2) is 11.5 Å². The van der Waals surface area contributed by atoms with Gasteiger partial charge in [-0.05, 0) is 50.3 Å². The summed E-state index contributed by atoms with van der Waals surface area (Å²) in [4.78, 5) is 4.25. The van der Waals surface area contributed by atoms with Crippen LogP contribution in [0.3, 0.4) is 0 Å². The van der Waals surface area contributed by atoms with Crippen LogP contribution in [0.15, 0.2) is 12.3 Å². The molecule has 1 aliphatic carbocycles. The highest BCUT2D eigenvalue weighted by molar-refractivity contribution is 5.46. The molecular formula is C14H23N3. The van der Waals surface area contributed by atoms with E-state index in [1.165, 1.54) is 30.4 Å². The van der Waals surface area contributed by atoms with Crippen LogP contribution in [0.4, 0.5) is 5.82 Å². The van der Waals surface area contributed by atoms with Gasteiger partial charge in [0.15, 0.2) is 0 Å². The topological polar surface area (TPSA) is 50.9 Å². The highest BCUT2D eigenvalue weighted by Gasteiger charge is 2.30. The summed E-state index contributed by atoms with van der Waals surface area (Å²) in [6, 6.07) is 2.46. The summed E-state index contributed by atoms with van der Waals surface area (Å²) < 4.78 is 0. The molecular weight excluding hydrogens is 210 g/mol. The normalized spacial score (nSPS) is 17.8. The molecule has 0 radical (unpaired) electrons. The zero-order valence-corrected chi connectivity index (χ0v) is 10.9. The summed E-state index contributed by atoms with van der Waals surface area (Å²) in [6.07, 6.45) is 6.94. The monoisotopic (exact) mass is 233 g/mol. The molecule has 1 saturated carbocycles. The molecule has 0 aliphatic heterocycles. The second-order valence-corrected chi connectivity index (χ2v) is 5.05. The maximum Gasteiger partial charge on any atom is 0.128 e. The fourth-order valence-electron chi connectivity index (χ4n) is 2.57. The third-order valence-corrected chi connectivity index (χ3v) is 3.79. The zero-order valence-electron chi connectivity index (χ0n) is 10.9. The minimum atomic E-state index is 0.400. The maximum atomic E-state index is 6.06. The van der Waals surface area contributed by atoms with Crippen molar-refractivity contribution in [2.45, 2.75) is 45.6 Å². The molecule has 3 nitrogen and oxygen atoms in total. The summed E-state index contributed by atoms with van der Waals surface area (Å²) in [5.41, 5.74) is 8.55. The van der Waals surface area contributed by atoms with Crippen molar-refractivity contribution in [2.75, 3.05) is 12.3 Å². The molecule has 3 N–H and O–H groups in total. The van der Waals surface area contributed by atoms with Gasteiger partial charge in [0.1, 0.15) is 5.82 Å². The van der Waals surface area contributed by atoms with Crippen LogP contribution in [0.2, 0.25) is 0 Å². The summed E-state index contributed by atoms with van der Waals surface area (Å²) >= 11 is 0. The van der Waals surface area contributed by atoms with E-state index in [0.29, 0.717) is 11.9 Å². The Morgan fingerprint density at radius 2 is 2.29 bits per heavy atom. The van der Waals surface area contributed by atoms with Gasteiger partial charge in [0.2, 0.25) is 0 Å². The third-order valence-electron chi connectivity index (χ3n) is 3.79. The van der Waals surface area contributed by atoms with Crippen LogP contribution >= 0.6 is 0 Å². The number of rotatable bonds is 5. The Hall–Kier alpha value is -1.09. The fourth-order valence-corrected chi connectivity index (χ4v) is 2.57. The van der Waals surface area contributed by atoms with Crippen molar-refractivity contribution in [1.82, 2.24) is 10.3 Å². The zero-order chi connectivity index (χ0) is 12.3. The lowest BCUT2D eigenvalue weighted by Gasteiger charge is -2.35. The second-order valence-electron chi connectivity index (χ2n) is 5.05. The van der Waals surface area contributed by atoms with E-state index in [1.807, 2.05) is 0 Å². The van der Waals surface area contributed by atoms with E-state index >= 15 is 0 Å². The molecule has 0 bridgehead atoms. The quantitative estimate of drug-likeness (QED) is 0.822. The number of aryl methyl sites for hydroxylation is 1. The molecule has 1 atom stereocenters. The van der Waals surface area contributed by atoms with E-state index in [-0.39, 0.29) is 0 Å². The number of nitrogens with one attached hydrogen (secondary N) is 1. The van der Waals surface area contributed by atoms with Crippen LogP contribution in [0.1, 0.15) is 49.8 Å². The van der Waals surface area contributed by atoms with Crippen LogP contribution in [0, 0.1) is 12.8 Å². The van der Waals surface area contributed by atoms with Crippen molar-refractivity contribution in [3.63, 3.8) is 0 Å². The van der Waals surface area contributed by atoms with Crippen LogP contribution < -0.4 is 11.1 Å². The van der Waals surface area contributed by atoms with E-state index in [4.69, 9.17) is 5.73 Å². The predicted octanol–water partition coefficient (Wildman–Crippen LogP) is 2.81. The highest BCUT2D eigenvalue weighted by atomic mass is 14.9. The molecule has 17 heavy (non-hydrogen) atoms. The largest absolute Gasteiger partial charge is 0.383 e. The Bertz CT molecular complexity index is 351. The minimum Gasteiger partial charge on any atom is -0.383 e. The van der Waals surface area contributed by atoms with Gasteiger partial charge >= 0.3 is 0 Å². The number of pyridine rings is 1. The minimum absolute atomic E-state index is 0.400. The van der Waals surface area contributed by atoms with Gasteiger partial charge in [0.25, 0.3) is 0 Å². The smallest absolute Gasteiger partial charge is 0.128 e. The Morgan fingerprint density at radius 1 is 1.53 bits per heavy atom. The molecule has 1 aromatic heterocycles. The van der Waals surface area contributed by atoms with Crippen LogP contribution in [-0.2, 0) is 0 Å². The average Bonchev–Trinajstić information content (AvgIpc) is 2.22. The molecule has 94 valence electrons. The first-order valence-corrected chi connectivity index (χ1v) is 6.68. The lowest BCUT2D eigenvalue weighted by atomic mass is 9.76. The van der Waals surface area contributed by atoms with Gasteiger partial charge in [-0.25, -0.2) is 4.98 Å². The molecule has 1 aromatic rings. The number of hydrogen-bond donors (Lipinski definition) is 2. The molecule has 0 saturated heterocycles. The summed E-state index contributed by atoms with van der Waals surface area (Å²) in [6.45, 7) is 5.38. The SMILES string of the molecule is CCCNC(c1c(C)ccnc1N)C1CCC1. The molecule has 1 fully saturated rings. The molecule has 2 rings (SSSR count). The van der Waals surface area contributed by atoms with E-state index in [9.17, 15) is 0 Å². The van der Waals surface area contributed by atoms with Crippen molar-refractivity contribution in [1.29, 1.82) is 0 Å². The molecule has 1 unspecified atom stereocenters. The van der Waals surface area contributed by atoms with E-state index in [0.717, 1.165) is 18.9 Å². The van der Waals surface area contributed by atoms with Gasteiger partial charge in [-0.1, -0.05) is 13.3 Å². The first-order valence-electron chi connectivity index (χ1n) is 6.68. The van der Waals surface area contributed by atoms with Crippen molar-refractivity contribution >= 4 is 5.82 Å². The molecule has 1 heterocycles. The Balaban J connectivity index is 2.24. The van der Waals surface area contributed by atoms with Gasteiger partial charge in [-0.15, -0.1) is 0 Å². The van der Waals surface area contributed by atoms with E-state index in [1.54, 1.807) is 6.20 Å². The Labute approximate surface area is 104 Å². The van der Waals surface area contributed by atoms with Crippen molar-refractivity contribution in [2.24, 2.45) is 5.92 Å². The number of hydrogen-bond acceptors (Lipinski definition) is 3. The standard InChI is InChI=1S/C14H23N3/c1-3-8-16-13(11-5-4-6-11)12-10(2)7-9-17-14(12)15/h7,9,11,13,16H,3-6,8H2,1-2H3,(H2,15,17). The fraction of sp³-hybridized carbons (Fsp3) is 0.643. The van der Waals surface area contributed by atoms with Crippen LogP contribution in [0.25, 0.3) is 0 Å². The number of anilines is 1. The number of aromatic nitrogens is 1. The van der Waals surface area contributed by atoms with Gasteiger partial charge in [-0.3, -0.25) is 0 Å². The highest BCUT2D eigenvalue weighted by Crippen LogP contribution is 2.40. The summed E-state index contributed by atoms with van der Waals surface area (Å²) in [5.74, 6) is 1.44. The Morgan fingerprint density at radius 3 is 2.82 bits per heavy atom. The average molecular weight is 233 g/mol. The lowest BCUT2D eigenvalue weighted by molar-refractivity contribution is 0.231. The lowest BCUT2D eigenvalue weighted by Crippen LogP contribution is -2.34. The van der Waals surface area contributed by atoms with E-state index in [2.05, 4.69) is 30.2 Å². The molecule has 1 aliphatic rings. The van der Waals surface area contributed by atoms with Gasteiger partial charge in [0.05, 0.1) is 0 Å². The summed E-state index contributed by atoms with van der Waals surface area (Å²) in [5, 5.41) is 3.65. The van der Waals surface area contributed by atoms with Crippen molar-refractivity contribution in [3.8, 4) is 0 Å². The first-order chi connectivity index (χ1) is 8.24. The van der Waals surface area contributed by atoms with Crippen molar-refractivity contribution in [3.05, 3.63) is 23.4 Å². The molecule has 0 spiro atoms. The summed E-state index contributed by atoms with van der Waals surface area (Å²) in [7, 11) is 0. The Kier molecular flexibility index (Phi) is 4.00. The third kappa shape index (κ3) is 2.60. The van der Waals surface area contributed by atoms with Gasteiger partial charge < -0.3 is 11.1 Å². The molecule has 3 heteroatoms. The van der Waals surface area contributed by atoms with E-state index < -0.39 is 0 Å². The first kappa shape index (κ1) is 12.4. The van der Waals surface area contributed by atoms with Crippen LogP contribution in [0.5, 0.6) is 0 Å². The molecule has 0 aromatic carbocycles. The molecule has 0 amide bonds. The number of nitrogens with zero attached hydrogens (tertiary/aromatic N) is 1. The number of nitrogen functional groups attached to an aromatic ring is 1. The number of nitrogens with two attached hydrogens (primary N) is 1. The van der Waals surface area contributed by atoms with Crippen molar-refractivity contribution < 1.29 is 0 Å².